The van der Waals surface area contributed by atoms with Gasteiger partial charge in [0.05, 0.1) is 17.7 Å². The van der Waals surface area contributed by atoms with Crippen LogP contribution in [0.3, 0.4) is 0 Å². The number of hydrogen-bond acceptors (Lipinski definition) is 4. The monoisotopic (exact) mass is 362 g/mol. The first-order valence-corrected chi connectivity index (χ1v) is 8.98. The highest BCUT2D eigenvalue weighted by molar-refractivity contribution is 5.92. The van der Waals surface area contributed by atoms with Gasteiger partial charge in [0.1, 0.15) is 12.4 Å². The minimum Gasteiger partial charge on any atom is -0.489 e. The molecule has 1 aliphatic carbocycles. The molecule has 1 aromatic carbocycles. The maximum Gasteiger partial charge on any atom is 0.321 e. The predicted molar refractivity (Wildman–Crippen MR) is 96.6 cm³/mol. The molecule has 142 valence electrons. The molecular weight excluding hydrogens is 336 g/mol. The number of fused-ring (bicyclic) bond motifs is 1. The first-order chi connectivity index (χ1) is 12.5. The Morgan fingerprint density at radius 1 is 1.38 bits per heavy atom. The van der Waals surface area contributed by atoms with Gasteiger partial charge in [-0.3, -0.25) is 4.79 Å². The van der Waals surface area contributed by atoms with Gasteiger partial charge in [0.15, 0.2) is 0 Å². The fourth-order valence-electron chi connectivity index (χ4n) is 4.08. The second-order valence-electron chi connectivity index (χ2n) is 7.20. The SMILES string of the molecule is COCCOc1cc(C)ccc1NC(=O)N1C[C@@H]2CCC[C@@]2(C(=O)O)C1. The van der Waals surface area contributed by atoms with Crippen LogP contribution >= 0.6 is 0 Å². The van der Waals surface area contributed by atoms with Crippen LogP contribution in [0, 0.1) is 18.3 Å². The van der Waals surface area contributed by atoms with Crippen LogP contribution in [0.4, 0.5) is 10.5 Å². The van der Waals surface area contributed by atoms with E-state index >= 15 is 0 Å². The number of carbonyl (C=O) groups excluding carboxylic acids is 1. The molecular formula is C19H26N2O5. The molecule has 1 heterocycles. The third-order valence-corrected chi connectivity index (χ3v) is 5.51. The average molecular weight is 362 g/mol. The molecule has 0 unspecified atom stereocenters. The van der Waals surface area contributed by atoms with Crippen LogP contribution in [0.25, 0.3) is 0 Å². The molecule has 2 N–H and O–H groups in total. The summed E-state index contributed by atoms with van der Waals surface area (Å²) in [6.45, 7) is 3.55. The molecule has 0 aromatic heterocycles. The number of carboxylic acids is 1. The van der Waals surface area contributed by atoms with E-state index in [1.807, 2.05) is 19.1 Å². The maximum absolute atomic E-state index is 12.7. The van der Waals surface area contributed by atoms with E-state index in [4.69, 9.17) is 9.47 Å². The number of anilines is 1. The highest BCUT2D eigenvalue weighted by atomic mass is 16.5. The third-order valence-electron chi connectivity index (χ3n) is 5.51. The van der Waals surface area contributed by atoms with Gasteiger partial charge < -0.3 is 24.8 Å². The summed E-state index contributed by atoms with van der Waals surface area (Å²) < 4.78 is 10.7. The number of aliphatic carboxylic acids is 1. The quantitative estimate of drug-likeness (QED) is 0.760. The van der Waals surface area contributed by atoms with Crippen molar-refractivity contribution >= 4 is 17.7 Å². The number of methoxy groups -OCH3 is 1. The van der Waals surface area contributed by atoms with E-state index in [1.165, 1.54) is 0 Å². The number of carboxylic acid groups (broad SMARTS) is 1. The molecule has 2 fully saturated rings. The third kappa shape index (κ3) is 3.49. The molecule has 3 rings (SSSR count). The number of ether oxygens (including phenoxy) is 2. The lowest BCUT2D eigenvalue weighted by Crippen LogP contribution is -2.38. The van der Waals surface area contributed by atoms with Gasteiger partial charge in [-0.05, 0) is 43.4 Å². The smallest absolute Gasteiger partial charge is 0.321 e. The Balaban J connectivity index is 1.70. The van der Waals surface area contributed by atoms with Gasteiger partial charge in [-0.15, -0.1) is 0 Å². The average Bonchev–Trinajstić information content (AvgIpc) is 3.15. The molecule has 1 aromatic rings. The number of nitrogens with one attached hydrogen (secondary N) is 1. The molecule has 26 heavy (non-hydrogen) atoms. The zero-order valence-corrected chi connectivity index (χ0v) is 15.3. The Hall–Kier alpha value is -2.28. The molecule has 7 heteroatoms. The van der Waals surface area contributed by atoms with E-state index in [-0.39, 0.29) is 18.5 Å². The van der Waals surface area contributed by atoms with Gasteiger partial charge in [-0.2, -0.15) is 0 Å². The summed E-state index contributed by atoms with van der Waals surface area (Å²) in [5.74, 6) is -0.154. The number of nitrogens with zero attached hydrogens (tertiary/aromatic N) is 1. The first kappa shape index (κ1) is 18.5. The molecule has 1 saturated heterocycles. The molecule has 0 spiro atoms. The summed E-state index contributed by atoms with van der Waals surface area (Å²) >= 11 is 0. The summed E-state index contributed by atoms with van der Waals surface area (Å²) in [5, 5.41) is 12.5. The Labute approximate surface area is 153 Å². The number of aryl methyl sites for hydroxylation is 1. The lowest BCUT2D eigenvalue weighted by molar-refractivity contribution is -0.149. The van der Waals surface area contributed by atoms with Crippen molar-refractivity contribution < 1.29 is 24.2 Å². The molecule has 1 saturated carbocycles. The van der Waals surface area contributed by atoms with Crippen molar-refractivity contribution in [2.45, 2.75) is 26.2 Å². The van der Waals surface area contributed by atoms with Crippen LogP contribution < -0.4 is 10.1 Å². The normalized spacial score (nSPS) is 24.4. The van der Waals surface area contributed by atoms with E-state index < -0.39 is 11.4 Å². The van der Waals surface area contributed by atoms with Crippen LogP contribution in [0.1, 0.15) is 24.8 Å². The molecule has 2 amide bonds. The number of carbonyl (C=O) groups is 2. The summed E-state index contributed by atoms with van der Waals surface area (Å²) in [7, 11) is 1.60. The van der Waals surface area contributed by atoms with Crippen LogP contribution in [0.2, 0.25) is 0 Å². The maximum atomic E-state index is 12.7. The lowest BCUT2D eigenvalue weighted by Gasteiger charge is -2.23. The van der Waals surface area contributed by atoms with Crippen molar-refractivity contribution in [3.05, 3.63) is 23.8 Å². The molecule has 1 aliphatic heterocycles. The predicted octanol–water partition coefficient (Wildman–Crippen LogP) is 2.74. The van der Waals surface area contributed by atoms with Crippen molar-refractivity contribution in [1.29, 1.82) is 0 Å². The molecule has 0 bridgehead atoms. The van der Waals surface area contributed by atoms with Crippen molar-refractivity contribution in [1.82, 2.24) is 4.90 Å². The second-order valence-corrected chi connectivity index (χ2v) is 7.20. The standard InChI is InChI=1S/C19H26N2O5/c1-13-5-6-15(16(10-13)26-9-8-25-2)20-18(24)21-11-14-4-3-7-19(14,12-21)17(22)23/h5-6,10,14H,3-4,7-9,11-12H2,1-2H3,(H,20,24)(H,22,23)/t14-,19+/m0/s1. The number of amides is 2. The first-order valence-electron chi connectivity index (χ1n) is 8.98. The number of hydrogen-bond donors (Lipinski definition) is 2. The van der Waals surface area contributed by atoms with Gasteiger partial charge in [0.25, 0.3) is 0 Å². The molecule has 2 atom stereocenters. The van der Waals surface area contributed by atoms with Crippen molar-refractivity contribution in [3.63, 3.8) is 0 Å². The highest BCUT2D eigenvalue weighted by Gasteiger charge is 2.55. The van der Waals surface area contributed by atoms with E-state index in [0.29, 0.717) is 37.6 Å². The fraction of sp³-hybridized carbons (Fsp3) is 0.579. The lowest BCUT2D eigenvalue weighted by atomic mass is 9.81. The van der Waals surface area contributed by atoms with Gasteiger partial charge in [-0.1, -0.05) is 12.5 Å². The molecule has 7 nitrogen and oxygen atoms in total. The van der Waals surface area contributed by atoms with Crippen LogP contribution in [-0.4, -0.2) is 55.4 Å². The van der Waals surface area contributed by atoms with Crippen molar-refractivity contribution in [3.8, 4) is 5.75 Å². The largest absolute Gasteiger partial charge is 0.489 e. The summed E-state index contributed by atoms with van der Waals surface area (Å²) in [4.78, 5) is 26.1. The molecule has 0 radical (unpaired) electrons. The summed E-state index contributed by atoms with van der Waals surface area (Å²) in [5.41, 5.74) is 0.830. The van der Waals surface area contributed by atoms with Crippen LogP contribution in [0.15, 0.2) is 18.2 Å². The van der Waals surface area contributed by atoms with Gasteiger partial charge >= 0.3 is 12.0 Å². The van der Waals surface area contributed by atoms with Crippen LogP contribution in [0.5, 0.6) is 5.75 Å². The summed E-state index contributed by atoms with van der Waals surface area (Å²) in [6.07, 6.45) is 2.43. The van der Waals surface area contributed by atoms with Crippen molar-refractivity contribution in [2.75, 3.05) is 38.7 Å². The van der Waals surface area contributed by atoms with E-state index in [2.05, 4.69) is 5.32 Å². The summed E-state index contributed by atoms with van der Waals surface area (Å²) in [6, 6.07) is 5.29. The van der Waals surface area contributed by atoms with Crippen LogP contribution in [-0.2, 0) is 9.53 Å². The Morgan fingerprint density at radius 3 is 2.88 bits per heavy atom. The van der Waals surface area contributed by atoms with Gasteiger partial charge in [0, 0.05) is 20.2 Å². The zero-order valence-electron chi connectivity index (χ0n) is 15.3. The number of benzene rings is 1. The Bertz CT molecular complexity index is 693. The second kappa shape index (κ2) is 7.53. The Kier molecular flexibility index (Phi) is 5.36. The highest BCUT2D eigenvalue weighted by Crippen LogP contribution is 2.49. The zero-order chi connectivity index (χ0) is 18.7. The van der Waals surface area contributed by atoms with E-state index in [9.17, 15) is 14.7 Å². The topological polar surface area (TPSA) is 88.1 Å². The van der Waals surface area contributed by atoms with Gasteiger partial charge in [0.2, 0.25) is 0 Å². The number of likely N-dealkylation sites (tertiary alicyclic amines) is 1. The fourth-order valence-corrected chi connectivity index (χ4v) is 4.08. The Morgan fingerprint density at radius 2 is 2.19 bits per heavy atom. The molecule has 2 aliphatic rings. The number of rotatable bonds is 6. The van der Waals surface area contributed by atoms with E-state index in [1.54, 1.807) is 18.1 Å². The van der Waals surface area contributed by atoms with E-state index in [0.717, 1.165) is 18.4 Å². The minimum atomic E-state index is -0.783. The van der Waals surface area contributed by atoms with Crippen molar-refractivity contribution in [2.24, 2.45) is 11.3 Å². The minimum absolute atomic E-state index is 0.0428. The number of urea groups is 1. The van der Waals surface area contributed by atoms with Gasteiger partial charge in [-0.25, -0.2) is 4.79 Å².